The monoisotopic (exact) mass is 774 g/mol. The van der Waals surface area contributed by atoms with Crippen LogP contribution in [-0.2, 0) is 0 Å². The van der Waals surface area contributed by atoms with E-state index >= 15 is 0 Å². The summed E-state index contributed by atoms with van der Waals surface area (Å²) in [6, 6.07) is 39.3. The van der Waals surface area contributed by atoms with Crippen LogP contribution in [0, 0.1) is 55.4 Å². The normalized spacial score (nSPS) is 12.6. The first-order valence-corrected chi connectivity index (χ1v) is 22.1. The van der Waals surface area contributed by atoms with Gasteiger partial charge in [0.15, 0.2) is 0 Å². The van der Waals surface area contributed by atoms with Crippen LogP contribution < -0.4 is 0 Å². The van der Waals surface area contributed by atoms with Crippen molar-refractivity contribution in [2.24, 2.45) is 0 Å². The molecule has 11 rings (SSSR count). The lowest BCUT2D eigenvalue weighted by atomic mass is 9.88. The maximum Gasteiger partial charge on any atom is -0.00197 e. The van der Waals surface area contributed by atoms with Gasteiger partial charge in [-0.15, -0.1) is 0 Å². The fraction of sp³-hybridized carbons (Fsp3) is 0.233. The van der Waals surface area contributed by atoms with Gasteiger partial charge in [0.25, 0.3) is 0 Å². The van der Waals surface area contributed by atoms with E-state index in [2.05, 4.69) is 180 Å². The Morgan fingerprint density at radius 2 is 0.533 bits per heavy atom. The van der Waals surface area contributed by atoms with Crippen LogP contribution in [0.4, 0.5) is 0 Å². The Bertz CT molecular complexity index is 3360. The van der Waals surface area contributed by atoms with Gasteiger partial charge in [0.1, 0.15) is 0 Å². The molecule has 0 amide bonds. The molecule has 60 heavy (non-hydrogen) atoms. The molecule has 0 aliphatic rings. The van der Waals surface area contributed by atoms with Crippen molar-refractivity contribution in [3.8, 4) is 22.3 Å². The van der Waals surface area contributed by atoms with Crippen LogP contribution in [0.15, 0.2) is 97.1 Å². The van der Waals surface area contributed by atoms with Gasteiger partial charge in [-0.25, -0.2) is 0 Å². The Balaban J connectivity index is 1.26. The number of hydrogen-bond donors (Lipinski definition) is 0. The molecule has 0 unspecified atom stereocenters. The molecule has 0 nitrogen and oxygen atoms in total. The van der Waals surface area contributed by atoms with Crippen molar-refractivity contribution in [3.63, 3.8) is 0 Å². The molecule has 11 aromatic rings. The number of hydrogen-bond acceptors (Lipinski definition) is 0. The molecule has 0 aliphatic heterocycles. The van der Waals surface area contributed by atoms with Crippen LogP contribution in [-0.4, -0.2) is 0 Å². The summed E-state index contributed by atoms with van der Waals surface area (Å²) in [6.07, 6.45) is 0. The summed E-state index contributed by atoms with van der Waals surface area (Å²) < 4.78 is 0. The zero-order valence-electron chi connectivity index (χ0n) is 37.4. The summed E-state index contributed by atoms with van der Waals surface area (Å²) >= 11 is 0. The smallest absolute Gasteiger partial charge is 0.00197 e. The quantitative estimate of drug-likeness (QED) is 0.156. The maximum atomic E-state index is 2.55. The molecule has 0 aliphatic carbocycles. The Kier molecular flexibility index (Phi) is 7.88. The predicted octanol–water partition coefficient (Wildman–Crippen LogP) is 17.8. The molecule has 0 radical (unpaired) electrons. The highest BCUT2D eigenvalue weighted by Crippen LogP contribution is 2.50. The molecule has 0 N–H and O–H groups in total. The molecule has 0 bridgehead atoms. The standard InChI is InChI=1S/C60H54/c1-29(2)41-23-51-45-17-18-46-50(49(45)27-55-43-15-13-39(21-47(43)53(25-41)59(51)55)57-35(9)31(5)19-32(6)36(57)10)28-56-44-16-14-40(58-37(11)33(7)20-34(8)38(58)12)22-48(44)54-26-42(30(3)4)24-52(46)60(54)56/h13-30H,1-12H3. The zero-order valence-corrected chi connectivity index (χ0v) is 37.4. The summed E-state index contributed by atoms with van der Waals surface area (Å²) in [4.78, 5) is 0. The van der Waals surface area contributed by atoms with Gasteiger partial charge < -0.3 is 0 Å². The van der Waals surface area contributed by atoms with Crippen LogP contribution in [0.2, 0.25) is 0 Å². The highest BCUT2D eigenvalue weighted by atomic mass is 14.3. The molecule has 0 saturated heterocycles. The lowest BCUT2D eigenvalue weighted by Gasteiger charge is -2.16. The molecular formula is C60H54. The van der Waals surface area contributed by atoms with Gasteiger partial charge in [0.05, 0.1) is 0 Å². The third-order valence-corrected chi connectivity index (χ3v) is 15.1. The molecule has 0 heterocycles. The van der Waals surface area contributed by atoms with Crippen LogP contribution in [0.5, 0.6) is 0 Å². The van der Waals surface area contributed by atoms with Crippen LogP contribution in [0.25, 0.3) is 108 Å². The van der Waals surface area contributed by atoms with Gasteiger partial charge in [-0.1, -0.05) is 100 Å². The Morgan fingerprint density at radius 3 is 0.850 bits per heavy atom. The average molecular weight is 775 g/mol. The van der Waals surface area contributed by atoms with Crippen molar-refractivity contribution in [1.29, 1.82) is 0 Å². The predicted molar refractivity (Wildman–Crippen MR) is 266 cm³/mol. The lowest BCUT2D eigenvalue weighted by molar-refractivity contribution is 0.870. The molecule has 0 heteroatoms. The Labute approximate surface area is 354 Å². The summed E-state index contributed by atoms with van der Waals surface area (Å²) in [5.41, 5.74) is 19.2. The maximum absolute atomic E-state index is 2.55. The van der Waals surface area contributed by atoms with Crippen molar-refractivity contribution in [2.45, 2.75) is 94.9 Å². The first-order valence-electron chi connectivity index (χ1n) is 22.1. The van der Waals surface area contributed by atoms with Crippen molar-refractivity contribution < 1.29 is 0 Å². The molecule has 294 valence electrons. The molecule has 0 fully saturated rings. The van der Waals surface area contributed by atoms with Gasteiger partial charge in [0.2, 0.25) is 0 Å². The number of aryl methyl sites for hydroxylation is 4. The molecular weight excluding hydrogens is 721 g/mol. The summed E-state index contributed by atoms with van der Waals surface area (Å²) in [5.74, 6) is 0.826. The summed E-state index contributed by atoms with van der Waals surface area (Å²) in [7, 11) is 0. The van der Waals surface area contributed by atoms with E-state index < -0.39 is 0 Å². The van der Waals surface area contributed by atoms with Crippen molar-refractivity contribution >= 4 is 86.2 Å². The minimum atomic E-state index is 0.413. The molecule has 11 aromatic carbocycles. The fourth-order valence-corrected chi connectivity index (χ4v) is 11.3. The first-order chi connectivity index (χ1) is 28.7. The second-order valence-electron chi connectivity index (χ2n) is 19.2. The fourth-order valence-electron chi connectivity index (χ4n) is 11.3. The molecule has 0 saturated carbocycles. The summed E-state index contributed by atoms with van der Waals surface area (Å²) in [6.45, 7) is 27.5. The van der Waals surface area contributed by atoms with E-state index in [-0.39, 0.29) is 0 Å². The van der Waals surface area contributed by atoms with Gasteiger partial charge in [0, 0.05) is 0 Å². The molecule has 0 aromatic heterocycles. The topological polar surface area (TPSA) is 0 Å². The highest BCUT2D eigenvalue weighted by Gasteiger charge is 2.23. The lowest BCUT2D eigenvalue weighted by Crippen LogP contribution is -1.95. The van der Waals surface area contributed by atoms with E-state index in [0.717, 1.165) is 0 Å². The first kappa shape index (κ1) is 37.1. The second-order valence-corrected chi connectivity index (χ2v) is 19.2. The van der Waals surface area contributed by atoms with Gasteiger partial charge in [-0.3, -0.25) is 0 Å². The van der Waals surface area contributed by atoms with Gasteiger partial charge in [-0.05, 0) is 256 Å². The van der Waals surface area contributed by atoms with E-state index in [4.69, 9.17) is 0 Å². The third kappa shape index (κ3) is 4.97. The average Bonchev–Trinajstić information content (AvgIpc) is 3.71. The van der Waals surface area contributed by atoms with Crippen molar-refractivity contribution in [3.05, 3.63) is 153 Å². The number of benzene rings is 9. The van der Waals surface area contributed by atoms with E-state index in [1.807, 2.05) is 0 Å². The van der Waals surface area contributed by atoms with Gasteiger partial charge >= 0.3 is 0 Å². The van der Waals surface area contributed by atoms with Crippen LogP contribution >= 0.6 is 0 Å². The van der Waals surface area contributed by atoms with Crippen molar-refractivity contribution in [1.82, 2.24) is 0 Å². The Morgan fingerprint density at radius 1 is 0.267 bits per heavy atom. The Hall–Kier alpha value is -5.98. The van der Waals surface area contributed by atoms with Crippen LogP contribution in [0.1, 0.15) is 95.2 Å². The van der Waals surface area contributed by atoms with E-state index in [1.165, 1.54) is 164 Å². The van der Waals surface area contributed by atoms with E-state index in [1.54, 1.807) is 0 Å². The minimum Gasteiger partial charge on any atom is -0.0587 e. The van der Waals surface area contributed by atoms with Crippen LogP contribution in [0.3, 0.4) is 0 Å². The molecule has 0 atom stereocenters. The van der Waals surface area contributed by atoms with E-state index in [9.17, 15) is 0 Å². The zero-order chi connectivity index (χ0) is 41.8. The van der Waals surface area contributed by atoms with E-state index in [0.29, 0.717) is 11.8 Å². The highest BCUT2D eigenvalue weighted by molar-refractivity contribution is 6.40. The number of rotatable bonds is 4. The number of fused-ring (bicyclic) bond motifs is 11. The largest absolute Gasteiger partial charge is 0.0587 e. The molecule has 0 spiro atoms. The minimum absolute atomic E-state index is 0.413. The SMILES string of the molecule is Cc1cc(C)c(C)c(-c2ccc3c(c2)c2cc(C(C)C)cc4c5ccc6c(cc7c8ccc(-c9c(C)c(C)cc(C)c9C)cc8c8cc(C(C)C)cc6c87)c5cc3c42)c1C. The summed E-state index contributed by atoms with van der Waals surface area (Å²) in [5, 5.41) is 21.9. The van der Waals surface area contributed by atoms with Gasteiger partial charge in [-0.2, -0.15) is 0 Å². The van der Waals surface area contributed by atoms with Crippen molar-refractivity contribution in [2.75, 3.05) is 0 Å². The second kappa shape index (κ2) is 12.8. The third-order valence-electron chi connectivity index (χ3n) is 15.1.